The van der Waals surface area contributed by atoms with Crippen LogP contribution in [0.25, 0.3) is 0 Å². The van der Waals surface area contributed by atoms with Crippen molar-refractivity contribution in [2.45, 2.75) is 13.3 Å². The maximum absolute atomic E-state index is 12.9. The van der Waals surface area contributed by atoms with Crippen molar-refractivity contribution in [3.05, 3.63) is 41.0 Å². The molecule has 1 saturated heterocycles. The van der Waals surface area contributed by atoms with Crippen LogP contribution in [0.3, 0.4) is 0 Å². The minimum atomic E-state index is -0.390. The zero-order valence-corrected chi connectivity index (χ0v) is 19.1. The van der Waals surface area contributed by atoms with Crippen LogP contribution in [0.1, 0.15) is 23.7 Å². The van der Waals surface area contributed by atoms with Crippen molar-refractivity contribution in [2.75, 3.05) is 57.2 Å². The normalized spacial score (nSPS) is 13.9. The number of rotatable bonds is 6. The number of hydrogen-bond donors (Lipinski definition) is 1. The number of carbonyl (C=O) groups is 2. The topological polar surface area (TPSA) is 93.2 Å². The maximum Gasteiger partial charge on any atom is 0.339 e. The highest BCUT2D eigenvalue weighted by atomic mass is 35.5. The van der Waals surface area contributed by atoms with Crippen LogP contribution in [0.4, 0.5) is 16.3 Å². The number of hydrogen-bond acceptors (Lipinski definition) is 7. The van der Waals surface area contributed by atoms with Gasteiger partial charge in [0.25, 0.3) is 0 Å². The molecule has 1 aromatic carbocycles. The molecule has 9 nitrogen and oxygen atoms in total. The van der Waals surface area contributed by atoms with E-state index >= 15 is 0 Å². The van der Waals surface area contributed by atoms with Gasteiger partial charge >= 0.3 is 12.0 Å². The quantitative estimate of drug-likeness (QED) is 0.654. The fraction of sp³-hybridized carbons (Fsp3) is 0.409. The fourth-order valence-corrected chi connectivity index (χ4v) is 3.65. The lowest BCUT2D eigenvalue weighted by Crippen LogP contribution is -2.38. The van der Waals surface area contributed by atoms with Crippen LogP contribution in [0, 0.1) is 0 Å². The Morgan fingerprint density at radius 1 is 1.09 bits per heavy atom. The van der Waals surface area contributed by atoms with Crippen LogP contribution in [-0.2, 0) is 4.74 Å². The second-order valence-electron chi connectivity index (χ2n) is 7.07. The number of ether oxygens (including phenoxy) is 3. The third-order valence-corrected chi connectivity index (χ3v) is 5.38. The second kappa shape index (κ2) is 10.9. The Labute approximate surface area is 192 Å². The van der Waals surface area contributed by atoms with E-state index < -0.39 is 0 Å². The molecule has 1 fully saturated rings. The van der Waals surface area contributed by atoms with Gasteiger partial charge in [0.05, 0.1) is 37.1 Å². The summed E-state index contributed by atoms with van der Waals surface area (Å²) < 4.78 is 15.5. The van der Waals surface area contributed by atoms with Crippen molar-refractivity contribution in [1.29, 1.82) is 0 Å². The molecule has 3 rings (SSSR count). The molecular formula is C22H27ClN4O5. The average molecular weight is 463 g/mol. The first-order valence-corrected chi connectivity index (χ1v) is 10.7. The van der Waals surface area contributed by atoms with E-state index in [1.54, 1.807) is 36.1 Å². The molecule has 1 aliphatic heterocycles. The van der Waals surface area contributed by atoms with Crippen LogP contribution >= 0.6 is 11.6 Å². The molecule has 10 heteroatoms. The first-order chi connectivity index (χ1) is 15.5. The molecule has 2 amide bonds. The minimum absolute atomic E-state index is 0.239. The Balaban J connectivity index is 1.63. The highest BCUT2D eigenvalue weighted by Gasteiger charge is 2.22. The smallest absolute Gasteiger partial charge is 0.339 e. The van der Waals surface area contributed by atoms with Crippen LogP contribution in [-0.4, -0.2) is 68.9 Å². The van der Waals surface area contributed by atoms with E-state index in [0.717, 1.165) is 18.8 Å². The number of carbonyl (C=O) groups excluding carboxylic acids is 2. The van der Waals surface area contributed by atoms with Crippen LogP contribution in [0.15, 0.2) is 30.5 Å². The maximum atomic E-state index is 12.9. The van der Waals surface area contributed by atoms with Crippen molar-refractivity contribution in [2.24, 2.45) is 0 Å². The molecule has 0 atom stereocenters. The largest absolute Gasteiger partial charge is 0.495 e. The number of nitrogens with one attached hydrogen (secondary N) is 1. The monoisotopic (exact) mass is 462 g/mol. The van der Waals surface area contributed by atoms with E-state index in [4.69, 9.17) is 25.8 Å². The predicted octanol–water partition coefficient (Wildman–Crippen LogP) is 3.67. The van der Waals surface area contributed by atoms with Gasteiger partial charge in [-0.2, -0.15) is 0 Å². The molecule has 1 aliphatic rings. The number of pyridine rings is 1. The lowest BCUT2D eigenvalue weighted by atomic mass is 10.2. The Morgan fingerprint density at radius 3 is 2.53 bits per heavy atom. The molecule has 2 aromatic rings. The number of urea groups is 1. The van der Waals surface area contributed by atoms with Gasteiger partial charge in [-0.05, 0) is 31.5 Å². The van der Waals surface area contributed by atoms with Crippen molar-refractivity contribution in [1.82, 2.24) is 9.88 Å². The van der Waals surface area contributed by atoms with Gasteiger partial charge < -0.3 is 29.3 Å². The van der Waals surface area contributed by atoms with Gasteiger partial charge in [0.2, 0.25) is 0 Å². The first-order valence-electron chi connectivity index (χ1n) is 10.3. The molecular weight excluding hydrogens is 436 g/mol. The Morgan fingerprint density at radius 2 is 1.88 bits per heavy atom. The Bertz CT molecular complexity index is 954. The standard InChI is InChI=1S/C22H27ClN4O5/c1-4-32-21(28)15-6-7-20(24-14-15)26-8-5-9-27(11-10-26)22(29)25-17-12-16(23)18(30-2)13-19(17)31-3/h6-7,12-14H,4-5,8-11H2,1-3H3,(H,25,29). The average Bonchev–Trinajstić information content (AvgIpc) is 3.06. The molecule has 1 aromatic heterocycles. The number of benzene rings is 1. The highest BCUT2D eigenvalue weighted by Crippen LogP contribution is 2.36. The summed E-state index contributed by atoms with van der Waals surface area (Å²) in [6.07, 6.45) is 2.29. The first kappa shape index (κ1) is 23.5. The minimum Gasteiger partial charge on any atom is -0.495 e. The molecule has 0 bridgehead atoms. The van der Waals surface area contributed by atoms with Gasteiger partial charge in [0.15, 0.2) is 0 Å². The van der Waals surface area contributed by atoms with Crippen molar-refractivity contribution in [3.8, 4) is 11.5 Å². The van der Waals surface area contributed by atoms with Gasteiger partial charge in [-0.25, -0.2) is 14.6 Å². The lowest BCUT2D eigenvalue weighted by Gasteiger charge is -2.23. The van der Waals surface area contributed by atoms with E-state index in [9.17, 15) is 9.59 Å². The lowest BCUT2D eigenvalue weighted by molar-refractivity contribution is 0.0526. The van der Waals surface area contributed by atoms with Gasteiger partial charge in [-0.3, -0.25) is 0 Å². The molecule has 2 heterocycles. The molecule has 0 spiro atoms. The van der Waals surface area contributed by atoms with Crippen LogP contribution in [0.5, 0.6) is 11.5 Å². The summed E-state index contributed by atoms with van der Waals surface area (Å²) in [6.45, 7) is 4.54. The van der Waals surface area contributed by atoms with E-state index in [0.29, 0.717) is 54.0 Å². The van der Waals surface area contributed by atoms with Gasteiger partial charge in [0, 0.05) is 38.4 Å². The summed E-state index contributed by atoms with van der Waals surface area (Å²) in [5, 5.41) is 3.25. The van der Waals surface area contributed by atoms with E-state index in [1.807, 2.05) is 0 Å². The van der Waals surface area contributed by atoms with Crippen LogP contribution in [0.2, 0.25) is 5.02 Å². The zero-order valence-electron chi connectivity index (χ0n) is 18.4. The number of anilines is 2. The third kappa shape index (κ3) is 5.53. The Kier molecular flexibility index (Phi) is 7.99. The summed E-state index contributed by atoms with van der Waals surface area (Å²) in [5.74, 6) is 1.29. The molecule has 1 N–H and O–H groups in total. The number of nitrogens with zero attached hydrogens (tertiary/aromatic N) is 3. The summed E-state index contributed by atoms with van der Waals surface area (Å²) in [6, 6.07) is 6.50. The van der Waals surface area contributed by atoms with Gasteiger partial charge in [0.1, 0.15) is 17.3 Å². The molecule has 0 unspecified atom stereocenters. The molecule has 32 heavy (non-hydrogen) atoms. The molecule has 172 valence electrons. The predicted molar refractivity (Wildman–Crippen MR) is 122 cm³/mol. The summed E-state index contributed by atoms with van der Waals surface area (Å²) in [5.41, 5.74) is 0.888. The van der Waals surface area contributed by atoms with Crippen LogP contribution < -0.4 is 19.7 Å². The number of amides is 2. The number of esters is 1. The fourth-order valence-electron chi connectivity index (χ4n) is 3.41. The molecule has 0 radical (unpaired) electrons. The molecule has 0 aliphatic carbocycles. The Hall–Kier alpha value is -3.20. The highest BCUT2D eigenvalue weighted by molar-refractivity contribution is 6.32. The van der Waals surface area contributed by atoms with Gasteiger partial charge in [-0.15, -0.1) is 0 Å². The van der Waals surface area contributed by atoms with Gasteiger partial charge in [-0.1, -0.05) is 11.6 Å². The third-order valence-electron chi connectivity index (χ3n) is 5.08. The van der Waals surface area contributed by atoms with E-state index in [-0.39, 0.29) is 12.0 Å². The van der Waals surface area contributed by atoms with E-state index in [1.165, 1.54) is 20.4 Å². The van der Waals surface area contributed by atoms with Crippen molar-refractivity contribution in [3.63, 3.8) is 0 Å². The van der Waals surface area contributed by atoms with Crippen molar-refractivity contribution >= 4 is 35.1 Å². The summed E-state index contributed by atoms with van der Waals surface area (Å²) in [7, 11) is 3.03. The SMILES string of the molecule is CCOC(=O)c1ccc(N2CCCN(C(=O)Nc3cc(Cl)c(OC)cc3OC)CC2)nc1. The molecule has 0 saturated carbocycles. The number of aromatic nitrogens is 1. The van der Waals surface area contributed by atoms with Crippen molar-refractivity contribution < 1.29 is 23.8 Å². The van der Waals surface area contributed by atoms with E-state index in [2.05, 4.69) is 15.2 Å². The number of methoxy groups -OCH3 is 2. The number of halogens is 1. The second-order valence-corrected chi connectivity index (χ2v) is 7.48. The summed E-state index contributed by atoms with van der Waals surface area (Å²) in [4.78, 5) is 32.9. The summed E-state index contributed by atoms with van der Waals surface area (Å²) >= 11 is 6.20. The zero-order chi connectivity index (χ0) is 23.1.